The Kier molecular flexibility index (Phi) is 10.7. The largest absolute Gasteiger partial charge is 0.465 e. The molecule has 0 heterocycles. The second-order valence-electron chi connectivity index (χ2n) is 19.3. The Morgan fingerprint density at radius 2 is 1.43 bits per heavy atom. The molecule has 8 atom stereocenters. The highest BCUT2D eigenvalue weighted by Gasteiger charge is 2.58. The fraction of sp³-hybridized carbons (Fsp3) is 0.878. The van der Waals surface area contributed by atoms with Gasteiger partial charge in [0.25, 0.3) is 0 Å². The molecule has 12 heteroatoms. The van der Waals surface area contributed by atoms with E-state index in [9.17, 15) is 31.6 Å². The van der Waals surface area contributed by atoms with Gasteiger partial charge >= 0.3 is 33.3 Å². The van der Waals surface area contributed by atoms with Crippen molar-refractivity contribution in [3.63, 3.8) is 0 Å². The van der Waals surface area contributed by atoms with Crippen LogP contribution >= 0.6 is 0 Å². The average Bonchev–Trinajstić information content (AvgIpc) is 3.08. The Bertz CT molecular complexity index is 1570. The molecule has 0 amide bonds. The number of hydrogen-bond donors (Lipinski definition) is 1. The third-order valence-corrected chi connectivity index (χ3v) is 15.9. The van der Waals surface area contributed by atoms with Gasteiger partial charge in [-0.05, 0) is 151 Å². The number of carbonyl (C=O) groups excluding carboxylic acids is 3. The first-order chi connectivity index (χ1) is 25.0. The van der Waals surface area contributed by atoms with Crippen molar-refractivity contribution >= 4 is 28.0 Å². The van der Waals surface area contributed by atoms with Crippen LogP contribution in [0.15, 0.2) is 11.6 Å². The lowest BCUT2D eigenvalue weighted by atomic mass is 9.58. The van der Waals surface area contributed by atoms with Gasteiger partial charge in [-0.1, -0.05) is 44.8 Å². The summed E-state index contributed by atoms with van der Waals surface area (Å²) in [7, 11) is -5.97. The number of allylic oxidation sites excluding steroid dienone is 2. The zero-order chi connectivity index (χ0) is 37.9. The minimum absolute atomic E-state index is 0.0705. The molecule has 1 N–H and O–H groups in total. The third kappa shape index (κ3) is 7.84. The Balaban J connectivity index is 1.05. The van der Waals surface area contributed by atoms with Gasteiger partial charge in [0.15, 0.2) is 0 Å². The molecule has 0 aromatic rings. The number of fused-ring (bicyclic) bond motifs is 6. The molecule has 0 aromatic carbocycles. The minimum Gasteiger partial charge on any atom is -0.465 e. The highest BCUT2D eigenvalue weighted by atomic mass is 32.2. The first-order valence-corrected chi connectivity index (χ1v) is 22.0. The van der Waals surface area contributed by atoms with Gasteiger partial charge < -0.3 is 14.2 Å². The molecule has 6 saturated carbocycles. The van der Waals surface area contributed by atoms with E-state index in [-0.39, 0.29) is 42.9 Å². The van der Waals surface area contributed by atoms with Crippen molar-refractivity contribution in [3.05, 3.63) is 11.6 Å². The standard InChI is InChI=1S/C41H60F2O9S/c1-27-16-29-6-3-11-38(19-27,21-29)34(44)50-25-37(26-51-35(45)39-12-4-7-30(22-39)17-28(2)20-39)14-9-32(10-15-37)33-18-31-8-5-13-40(23-31,24-33)52-36(46)41(42,43)53(47,48)49/h16,27-28,30-33H,3-15,17-26H2,1-2H3,(H,47,48,49). The summed E-state index contributed by atoms with van der Waals surface area (Å²) in [6, 6.07) is 0. The smallest absolute Gasteiger partial charge is 0.465 e. The van der Waals surface area contributed by atoms with Crippen molar-refractivity contribution in [3.8, 4) is 0 Å². The third-order valence-electron chi connectivity index (χ3n) is 15.1. The van der Waals surface area contributed by atoms with Crippen LogP contribution in [0.4, 0.5) is 8.78 Å². The lowest BCUT2D eigenvalue weighted by molar-refractivity contribution is -0.192. The van der Waals surface area contributed by atoms with Gasteiger partial charge in [-0.15, -0.1) is 0 Å². The SMILES string of the molecule is CC1C=C2CCCC(C(=O)OCC3(COC(=O)C45CCCC(CC(C)C4)C5)CCC(C4CC5CCCC(OC(=O)C(F)(F)S(=O)(=O)O)(C5)C4)CC3)(C2)C1. The number of rotatable bonds is 10. The molecular weight excluding hydrogens is 707 g/mol. The molecule has 53 heavy (non-hydrogen) atoms. The maximum Gasteiger partial charge on any atom is 0.465 e. The lowest BCUT2D eigenvalue weighted by Gasteiger charge is -2.51. The molecular formula is C41H60F2O9S. The lowest BCUT2D eigenvalue weighted by Crippen LogP contribution is -2.51. The molecule has 0 aromatic heterocycles. The van der Waals surface area contributed by atoms with Gasteiger partial charge in [-0.2, -0.15) is 17.2 Å². The summed E-state index contributed by atoms with van der Waals surface area (Å²) in [6.07, 6.45) is 19.1. The van der Waals surface area contributed by atoms with E-state index in [0.717, 1.165) is 83.5 Å². The minimum atomic E-state index is -5.97. The Labute approximate surface area is 313 Å². The number of hydrogen-bond acceptors (Lipinski definition) is 8. The van der Waals surface area contributed by atoms with Crippen LogP contribution in [0.2, 0.25) is 0 Å². The van der Waals surface area contributed by atoms with E-state index in [0.29, 0.717) is 56.3 Å². The van der Waals surface area contributed by atoms with Crippen molar-refractivity contribution in [1.82, 2.24) is 0 Å². The van der Waals surface area contributed by atoms with E-state index in [1.165, 1.54) is 18.4 Å². The zero-order valence-corrected chi connectivity index (χ0v) is 32.5. The molecule has 8 unspecified atom stereocenters. The second-order valence-corrected chi connectivity index (χ2v) is 20.8. The quantitative estimate of drug-likeness (QED) is 0.100. The van der Waals surface area contributed by atoms with Crippen molar-refractivity contribution < 1.29 is 50.3 Å². The van der Waals surface area contributed by atoms with E-state index in [2.05, 4.69) is 19.9 Å². The monoisotopic (exact) mass is 766 g/mol. The van der Waals surface area contributed by atoms with Crippen LogP contribution in [0.25, 0.3) is 0 Å². The summed E-state index contributed by atoms with van der Waals surface area (Å²) in [5.41, 5.74) is -1.32. The van der Waals surface area contributed by atoms with Gasteiger partial charge in [0.1, 0.15) is 18.8 Å². The predicted molar refractivity (Wildman–Crippen MR) is 192 cm³/mol. The molecule has 7 rings (SSSR count). The topological polar surface area (TPSA) is 133 Å². The molecule has 0 aliphatic heterocycles. The molecule has 7 aliphatic rings. The molecule has 6 bridgehead atoms. The molecule has 6 fully saturated rings. The van der Waals surface area contributed by atoms with Crippen LogP contribution in [0.5, 0.6) is 0 Å². The van der Waals surface area contributed by atoms with Gasteiger partial charge in [0.05, 0.1) is 10.8 Å². The number of halogens is 2. The second kappa shape index (κ2) is 14.5. The highest BCUT2D eigenvalue weighted by Crippen LogP contribution is 2.56. The van der Waals surface area contributed by atoms with E-state index < -0.39 is 43.2 Å². The Morgan fingerprint density at radius 3 is 2.13 bits per heavy atom. The maximum atomic E-state index is 14.3. The fourth-order valence-electron chi connectivity index (χ4n) is 12.8. The van der Waals surface area contributed by atoms with Gasteiger partial charge in [-0.3, -0.25) is 14.1 Å². The maximum absolute atomic E-state index is 14.3. The van der Waals surface area contributed by atoms with Gasteiger partial charge in [0, 0.05) is 5.41 Å². The van der Waals surface area contributed by atoms with Crippen molar-refractivity contribution in [2.24, 2.45) is 51.8 Å². The summed E-state index contributed by atoms with van der Waals surface area (Å²) < 4.78 is 78.4. The molecule has 0 spiro atoms. The summed E-state index contributed by atoms with van der Waals surface area (Å²) in [5, 5.41) is -5.03. The van der Waals surface area contributed by atoms with Crippen LogP contribution in [0.1, 0.15) is 149 Å². The zero-order valence-electron chi connectivity index (χ0n) is 31.7. The summed E-state index contributed by atoms with van der Waals surface area (Å²) >= 11 is 0. The number of ether oxygens (including phenoxy) is 3. The highest BCUT2D eigenvalue weighted by molar-refractivity contribution is 7.87. The van der Waals surface area contributed by atoms with E-state index in [4.69, 9.17) is 18.8 Å². The van der Waals surface area contributed by atoms with E-state index in [1.54, 1.807) is 0 Å². The Morgan fingerprint density at radius 1 is 0.792 bits per heavy atom. The fourth-order valence-corrected chi connectivity index (χ4v) is 13.1. The number of esters is 3. The average molecular weight is 767 g/mol. The summed E-state index contributed by atoms with van der Waals surface area (Å²) in [4.78, 5) is 40.5. The van der Waals surface area contributed by atoms with Gasteiger partial charge in [0.2, 0.25) is 0 Å². The van der Waals surface area contributed by atoms with E-state index >= 15 is 0 Å². The summed E-state index contributed by atoms with van der Waals surface area (Å²) in [5.74, 6) is -0.661. The predicted octanol–water partition coefficient (Wildman–Crippen LogP) is 8.75. The molecule has 0 radical (unpaired) electrons. The van der Waals surface area contributed by atoms with Crippen LogP contribution in [-0.4, -0.2) is 54.9 Å². The van der Waals surface area contributed by atoms with Crippen LogP contribution < -0.4 is 0 Å². The number of carbonyl (C=O) groups is 3. The summed E-state index contributed by atoms with van der Waals surface area (Å²) in [6.45, 7) is 4.79. The normalized spacial score (nSPS) is 41.4. The van der Waals surface area contributed by atoms with Crippen molar-refractivity contribution in [2.45, 2.75) is 160 Å². The molecule has 9 nitrogen and oxygen atoms in total. The number of alkyl halides is 2. The van der Waals surface area contributed by atoms with Crippen molar-refractivity contribution in [1.29, 1.82) is 0 Å². The van der Waals surface area contributed by atoms with Gasteiger partial charge in [-0.25, -0.2) is 4.79 Å². The molecule has 0 saturated heterocycles. The van der Waals surface area contributed by atoms with Crippen LogP contribution in [0, 0.1) is 51.8 Å². The van der Waals surface area contributed by atoms with Crippen LogP contribution in [0.3, 0.4) is 0 Å². The first kappa shape index (κ1) is 39.2. The molecule has 7 aliphatic carbocycles. The van der Waals surface area contributed by atoms with Crippen molar-refractivity contribution in [2.75, 3.05) is 13.2 Å². The Hall–Kier alpha value is -2.08. The first-order valence-electron chi connectivity index (χ1n) is 20.6. The van der Waals surface area contributed by atoms with E-state index in [1.807, 2.05) is 0 Å². The van der Waals surface area contributed by atoms with Crippen LogP contribution in [-0.2, 0) is 38.7 Å². The molecule has 298 valence electrons.